The van der Waals surface area contributed by atoms with Gasteiger partial charge in [-0.15, -0.1) is 11.3 Å². The van der Waals surface area contributed by atoms with Crippen LogP contribution in [0.15, 0.2) is 48.5 Å². The van der Waals surface area contributed by atoms with Gasteiger partial charge in [0.25, 0.3) is 0 Å². The average molecular weight is 313 g/mol. The van der Waals surface area contributed by atoms with E-state index in [0.717, 1.165) is 21.4 Å². The molecule has 0 amide bonds. The van der Waals surface area contributed by atoms with E-state index in [1.165, 1.54) is 4.70 Å². The quantitative estimate of drug-likeness (QED) is 0.672. The summed E-state index contributed by atoms with van der Waals surface area (Å²) in [7, 11) is 0. The number of benzene rings is 2. The lowest BCUT2D eigenvalue weighted by Crippen LogP contribution is -2.20. The summed E-state index contributed by atoms with van der Waals surface area (Å²) in [6.07, 6.45) is -0.538. The number of nitrogens with one attached hydrogen (secondary N) is 1. The number of para-hydroxylation sites is 1. The molecule has 4 heteroatoms. The molecule has 114 valence electrons. The average Bonchev–Trinajstić information content (AvgIpc) is 2.95. The Morgan fingerprint density at radius 1 is 1.14 bits per heavy atom. The molecule has 0 bridgehead atoms. The first kappa shape index (κ1) is 15.0. The van der Waals surface area contributed by atoms with Gasteiger partial charge in [0.15, 0.2) is 0 Å². The van der Waals surface area contributed by atoms with Crippen molar-refractivity contribution in [2.45, 2.75) is 19.6 Å². The van der Waals surface area contributed by atoms with Crippen molar-refractivity contribution in [1.82, 2.24) is 5.32 Å². The van der Waals surface area contributed by atoms with Gasteiger partial charge in [0.05, 0.1) is 0 Å². The van der Waals surface area contributed by atoms with Crippen LogP contribution in [-0.2, 0) is 6.54 Å². The van der Waals surface area contributed by atoms with E-state index in [1.54, 1.807) is 11.3 Å². The second kappa shape index (κ2) is 6.48. The lowest BCUT2D eigenvalue weighted by atomic mass is 10.1. The fourth-order valence-electron chi connectivity index (χ4n) is 2.47. The Morgan fingerprint density at radius 3 is 2.77 bits per heavy atom. The van der Waals surface area contributed by atoms with Crippen molar-refractivity contribution >= 4 is 21.4 Å². The summed E-state index contributed by atoms with van der Waals surface area (Å²) in [6, 6.07) is 15.9. The summed E-state index contributed by atoms with van der Waals surface area (Å²) in [5.74, 6) is 0.325. The zero-order chi connectivity index (χ0) is 15.5. The molecule has 1 atom stereocenters. The maximum absolute atomic E-state index is 10.3. The van der Waals surface area contributed by atoms with Crippen molar-refractivity contribution in [3.63, 3.8) is 0 Å². The zero-order valence-corrected chi connectivity index (χ0v) is 13.2. The first-order valence-electron chi connectivity index (χ1n) is 7.30. The first-order valence-corrected chi connectivity index (χ1v) is 8.11. The predicted molar refractivity (Wildman–Crippen MR) is 91.3 cm³/mol. The Labute approximate surface area is 133 Å². The third kappa shape index (κ3) is 3.14. The second-order valence-electron chi connectivity index (χ2n) is 5.42. The Morgan fingerprint density at radius 2 is 1.95 bits per heavy atom. The number of thiophene rings is 1. The highest BCUT2D eigenvalue weighted by atomic mass is 32.1. The molecule has 0 aliphatic carbocycles. The maximum atomic E-state index is 10.3. The Kier molecular flexibility index (Phi) is 4.43. The summed E-state index contributed by atoms with van der Waals surface area (Å²) in [5, 5.41) is 24.7. The van der Waals surface area contributed by atoms with E-state index in [2.05, 4.69) is 17.4 Å². The van der Waals surface area contributed by atoms with Crippen LogP contribution < -0.4 is 5.32 Å². The van der Waals surface area contributed by atoms with Gasteiger partial charge in [0.1, 0.15) is 11.9 Å². The van der Waals surface area contributed by atoms with Crippen molar-refractivity contribution in [3.8, 4) is 5.75 Å². The van der Waals surface area contributed by atoms with Crippen LogP contribution in [0.5, 0.6) is 5.75 Å². The SMILES string of the molecule is Cc1cccc(CNCC(O)c2cc3ccccc3s2)c1O. The van der Waals surface area contributed by atoms with Crippen LogP contribution in [-0.4, -0.2) is 16.8 Å². The van der Waals surface area contributed by atoms with Gasteiger partial charge in [-0.3, -0.25) is 0 Å². The molecule has 1 heterocycles. The number of fused-ring (bicyclic) bond motifs is 1. The molecule has 3 N–H and O–H groups in total. The van der Waals surface area contributed by atoms with E-state index in [0.29, 0.717) is 18.8 Å². The molecule has 0 spiro atoms. The van der Waals surface area contributed by atoms with Crippen molar-refractivity contribution in [2.24, 2.45) is 0 Å². The van der Waals surface area contributed by atoms with Crippen molar-refractivity contribution < 1.29 is 10.2 Å². The number of aliphatic hydroxyl groups excluding tert-OH is 1. The van der Waals surface area contributed by atoms with Crippen molar-refractivity contribution in [3.05, 3.63) is 64.5 Å². The van der Waals surface area contributed by atoms with Crippen LogP contribution >= 0.6 is 11.3 Å². The third-order valence-electron chi connectivity index (χ3n) is 3.75. The lowest BCUT2D eigenvalue weighted by Gasteiger charge is -2.11. The highest BCUT2D eigenvalue weighted by Crippen LogP contribution is 2.29. The Balaban J connectivity index is 1.62. The van der Waals surface area contributed by atoms with Gasteiger partial charge in [0.2, 0.25) is 0 Å². The number of hydrogen-bond acceptors (Lipinski definition) is 4. The lowest BCUT2D eigenvalue weighted by molar-refractivity contribution is 0.178. The van der Waals surface area contributed by atoms with E-state index in [9.17, 15) is 10.2 Å². The highest BCUT2D eigenvalue weighted by molar-refractivity contribution is 7.19. The number of phenols is 1. The topological polar surface area (TPSA) is 52.5 Å². The third-order valence-corrected chi connectivity index (χ3v) is 4.96. The molecule has 22 heavy (non-hydrogen) atoms. The van der Waals surface area contributed by atoms with Crippen LogP contribution in [0, 0.1) is 6.92 Å². The number of hydrogen-bond donors (Lipinski definition) is 3. The summed E-state index contributed by atoms with van der Waals surface area (Å²) in [4.78, 5) is 0.960. The largest absolute Gasteiger partial charge is 0.507 e. The van der Waals surface area contributed by atoms with E-state index < -0.39 is 6.10 Å². The van der Waals surface area contributed by atoms with Gasteiger partial charge >= 0.3 is 0 Å². The smallest absolute Gasteiger partial charge is 0.122 e. The fourth-order valence-corrected chi connectivity index (χ4v) is 3.52. The normalized spacial score (nSPS) is 12.6. The van der Waals surface area contributed by atoms with Gasteiger partial charge in [-0.05, 0) is 30.0 Å². The molecule has 0 saturated carbocycles. The molecule has 1 unspecified atom stereocenters. The molecule has 2 aromatic carbocycles. The van der Waals surface area contributed by atoms with Crippen LogP contribution in [0.25, 0.3) is 10.1 Å². The summed E-state index contributed by atoms with van der Waals surface area (Å²) >= 11 is 1.62. The number of aryl methyl sites for hydroxylation is 1. The van der Waals surface area contributed by atoms with Crippen LogP contribution in [0.4, 0.5) is 0 Å². The molecule has 0 aliphatic heterocycles. The molecule has 0 radical (unpaired) electrons. The van der Waals surface area contributed by atoms with E-state index in [1.807, 2.05) is 43.3 Å². The minimum atomic E-state index is -0.538. The van der Waals surface area contributed by atoms with E-state index in [-0.39, 0.29) is 0 Å². The maximum Gasteiger partial charge on any atom is 0.122 e. The first-order chi connectivity index (χ1) is 10.6. The molecule has 3 aromatic rings. The number of aromatic hydroxyl groups is 1. The minimum Gasteiger partial charge on any atom is -0.507 e. The summed E-state index contributed by atoms with van der Waals surface area (Å²) in [6.45, 7) is 2.88. The van der Waals surface area contributed by atoms with E-state index in [4.69, 9.17) is 0 Å². The standard InChI is InChI=1S/C18H19NO2S/c1-12-5-4-7-14(18(12)21)10-19-11-15(20)17-9-13-6-2-3-8-16(13)22-17/h2-9,15,19-21H,10-11H2,1H3. The van der Waals surface area contributed by atoms with Crippen LogP contribution in [0.2, 0.25) is 0 Å². The van der Waals surface area contributed by atoms with Gasteiger partial charge in [-0.2, -0.15) is 0 Å². The summed E-state index contributed by atoms with van der Waals surface area (Å²) in [5.41, 5.74) is 1.72. The van der Waals surface area contributed by atoms with Gasteiger partial charge in [-0.25, -0.2) is 0 Å². The molecule has 0 saturated heterocycles. The zero-order valence-electron chi connectivity index (χ0n) is 12.4. The number of aliphatic hydroxyl groups is 1. The van der Waals surface area contributed by atoms with Gasteiger partial charge in [-0.1, -0.05) is 36.4 Å². The van der Waals surface area contributed by atoms with Gasteiger partial charge in [0, 0.05) is 28.2 Å². The Hall–Kier alpha value is -1.88. The van der Waals surface area contributed by atoms with Crippen LogP contribution in [0.3, 0.4) is 0 Å². The highest BCUT2D eigenvalue weighted by Gasteiger charge is 2.11. The van der Waals surface area contributed by atoms with Gasteiger partial charge < -0.3 is 15.5 Å². The van der Waals surface area contributed by atoms with E-state index >= 15 is 0 Å². The Bertz CT molecular complexity index is 749. The fraction of sp³-hybridized carbons (Fsp3) is 0.222. The number of phenolic OH excluding ortho intramolecular Hbond substituents is 1. The molecule has 3 rings (SSSR count). The second-order valence-corrected chi connectivity index (χ2v) is 6.53. The van der Waals surface area contributed by atoms with Crippen LogP contribution in [0.1, 0.15) is 22.1 Å². The summed E-state index contributed by atoms with van der Waals surface area (Å²) < 4.78 is 1.19. The molecule has 0 fully saturated rings. The predicted octanol–water partition coefficient (Wildman–Crippen LogP) is 3.74. The molecule has 1 aromatic heterocycles. The molecular formula is C18H19NO2S. The minimum absolute atomic E-state index is 0.325. The molecule has 0 aliphatic rings. The van der Waals surface area contributed by atoms with Crippen molar-refractivity contribution in [1.29, 1.82) is 0 Å². The molecular weight excluding hydrogens is 294 g/mol. The molecule has 3 nitrogen and oxygen atoms in total. The monoisotopic (exact) mass is 313 g/mol. The number of rotatable bonds is 5. The van der Waals surface area contributed by atoms with Crippen molar-refractivity contribution in [2.75, 3.05) is 6.54 Å².